The summed E-state index contributed by atoms with van der Waals surface area (Å²) >= 11 is 6.06. The van der Waals surface area contributed by atoms with E-state index >= 15 is 0 Å². The molecule has 190 valence electrons. The normalized spacial score (nSPS) is 15.3. The summed E-state index contributed by atoms with van der Waals surface area (Å²) in [7, 11) is 0. The van der Waals surface area contributed by atoms with Crippen molar-refractivity contribution >= 4 is 23.4 Å². The van der Waals surface area contributed by atoms with Crippen LogP contribution in [0.5, 0.6) is 5.75 Å². The van der Waals surface area contributed by atoms with Crippen LogP contribution in [-0.4, -0.2) is 35.4 Å². The monoisotopic (exact) mass is 498 g/mol. The fraction of sp³-hybridized carbons (Fsp3) is 0.517. The Balaban J connectivity index is 1.79. The molecule has 1 fully saturated rings. The van der Waals surface area contributed by atoms with Gasteiger partial charge in [0, 0.05) is 17.6 Å². The highest BCUT2D eigenvalue weighted by molar-refractivity contribution is 6.30. The van der Waals surface area contributed by atoms with Crippen LogP contribution in [0, 0.1) is 0 Å². The van der Waals surface area contributed by atoms with Gasteiger partial charge in [-0.05, 0) is 54.0 Å². The van der Waals surface area contributed by atoms with Crippen LogP contribution in [0.25, 0.3) is 0 Å². The third-order valence-electron chi connectivity index (χ3n) is 6.65. The van der Waals surface area contributed by atoms with Gasteiger partial charge in [-0.15, -0.1) is 0 Å². The summed E-state index contributed by atoms with van der Waals surface area (Å²) in [5, 5.41) is 3.84. The van der Waals surface area contributed by atoms with E-state index in [1.165, 1.54) is 6.42 Å². The van der Waals surface area contributed by atoms with Crippen molar-refractivity contribution in [3.63, 3.8) is 0 Å². The van der Waals surface area contributed by atoms with Gasteiger partial charge < -0.3 is 15.0 Å². The molecule has 3 rings (SSSR count). The third kappa shape index (κ3) is 7.73. The molecular formula is C29H39ClN2O3. The maximum atomic E-state index is 13.5. The molecule has 2 amide bonds. The fourth-order valence-electron chi connectivity index (χ4n) is 4.68. The molecule has 1 unspecified atom stereocenters. The number of hydrogen-bond acceptors (Lipinski definition) is 3. The van der Waals surface area contributed by atoms with Crippen LogP contribution in [0.1, 0.15) is 77.3 Å². The number of amides is 2. The molecule has 2 aromatic rings. The van der Waals surface area contributed by atoms with E-state index in [9.17, 15) is 9.59 Å². The van der Waals surface area contributed by atoms with Crippen molar-refractivity contribution in [1.82, 2.24) is 10.2 Å². The van der Waals surface area contributed by atoms with Crippen LogP contribution in [0.15, 0.2) is 48.5 Å². The van der Waals surface area contributed by atoms with E-state index < -0.39 is 6.04 Å². The highest BCUT2D eigenvalue weighted by atomic mass is 35.5. The molecule has 1 aliphatic carbocycles. The van der Waals surface area contributed by atoms with Gasteiger partial charge in [-0.2, -0.15) is 0 Å². The second-order valence-electron chi connectivity index (χ2n) is 10.5. The van der Waals surface area contributed by atoms with Gasteiger partial charge in [0.2, 0.25) is 5.91 Å². The number of hydrogen-bond donors (Lipinski definition) is 1. The molecule has 2 aromatic carbocycles. The average Bonchev–Trinajstić information content (AvgIpc) is 2.84. The van der Waals surface area contributed by atoms with E-state index in [1.54, 1.807) is 17.0 Å². The van der Waals surface area contributed by atoms with Gasteiger partial charge >= 0.3 is 0 Å². The molecule has 0 aromatic heterocycles. The summed E-state index contributed by atoms with van der Waals surface area (Å²) in [5.41, 5.74) is 1.84. The molecule has 1 saturated carbocycles. The smallest absolute Gasteiger partial charge is 0.261 e. The molecule has 6 heteroatoms. The Labute approximate surface area is 215 Å². The van der Waals surface area contributed by atoms with Crippen molar-refractivity contribution < 1.29 is 14.3 Å². The van der Waals surface area contributed by atoms with Crippen molar-refractivity contribution in [3.8, 4) is 5.75 Å². The Morgan fingerprint density at radius 1 is 1.06 bits per heavy atom. The Morgan fingerprint density at radius 3 is 2.34 bits per heavy atom. The molecule has 1 atom stereocenters. The molecule has 5 nitrogen and oxygen atoms in total. The minimum Gasteiger partial charge on any atom is -0.483 e. The average molecular weight is 499 g/mol. The van der Waals surface area contributed by atoms with Crippen LogP contribution in [-0.2, 0) is 21.5 Å². The minimum absolute atomic E-state index is 0.0863. The lowest BCUT2D eigenvalue weighted by atomic mass is 9.86. The van der Waals surface area contributed by atoms with Crippen LogP contribution < -0.4 is 10.1 Å². The third-order valence-corrected chi connectivity index (χ3v) is 6.90. The largest absolute Gasteiger partial charge is 0.483 e. The first-order valence-electron chi connectivity index (χ1n) is 12.8. The van der Waals surface area contributed by atoms with Crippen LogP contribution in [0.3, 0.4) is 0 Å². The number of ether oxygens (including phenoxy) is 1. The van der Waals surface area contributed by atoms with Gasteiger partial charge in [0.25, 0.3) is 5.91 Å². The van der Waals surface area contributed by atoms with Gasteiger partial charge in [0.1, 0.15) is 11.8 Å². The Kier molecular flexibility index (Phi) is 9.62. The Morgan fingerprint density at radius 2 is 1.71 bits per heavy atom. The van der Waals surface area contributed by atoms with Gasteiger partial charge in [0.15, 0.2) is 6.61 Å². The van der Waals surface area contributed by atoms with Crippen LogP contribution in [0.2, 0.25) is 5.02 Å². The van der Waals surface area contributed by atoms with Gasteiger partial charge in [0.05, 0.1) is 0 Å². The highest BCUT2D eigenvalue weighted by Gasteiger charge is 2.31. The zero-order valence-corrected chi connectivity index (χ0v) is 22.2. The SMILES string of the molecule is CCC(C(=O)NC1CCCCC1)N(Cc1ccc(Cl)cc1)C(=O)COc1ccccc1C(C)(C)C. The minimum atomic E-state index is -0.568. The summed E-state index contributed by atoms with van der Waals surface area (Å²) in [5.74, 6) is 0.394. The highest BCUT2D eigenvalue weighted by Crippen LogP contribution is 2.31. The number of rotatable bonds is 9. The lowest BCUT2D eigenvalue weighted by Crippen LogP contribution is -2.52. The van der Waals surface area contributed by atoms with Gasteiger partial charge in [-0.1, -0.05) is 88.9 Å². The summed E-state index contributed by atoms with van der Waals surface area (Å²) in [6.45, 7) is 8.49. The molecule has 0 bridgehead atoms. The summed E-state index contributed by atoms with van der Waals surface area (Å²) in [4.78, 5) is 28.5. The van der Waals surface area contributed by atoms with Crippen molar-refractivity contribution in [2.45, 2.75) is 90.3 Å². The molecule has 0 aliphatic heterocycles. The van der Waals surface area contributed by atoms with Crippen molar-refractivity contribution in [2.75, 3.05) is 6.61 Å². The number of para-hydroxylation sites is 1. The quantitative estimate of drug-likeness (QED) is 0.443. The van der Waals surface area contributed by atoms with Crippen molar-refractivity contribution in [1.29, 1.82) is 0 Å². The van der Waals surface area contributed by atoms with E-state index in [2.05, 4.69) is 26.1 Å². The molecule has 0 spiro atoms. The first-order chi connectivity index (χ1) is 16.7. The molecule has 1 aliphatic rings. The van der Waals surface area contributed by atoms with Crippen LogP contribution >= 0.6 is 11.6 Å². The summed E-state index contributed by atoms with van der Waals surface area (Å²) < 4.78 is 6.04. The lowest BCUT2D eigenvalue weighted by Gasteiger charge is -2.33. The zero-order chi connectivity index (χ0) is 25.4. The molecule has 0 heterocycles. The maximum absolute atomic E-state index is 13.5. The second kappa shape index (κ2) is 12.4. The standard InChI is InChI=1S/C29H39ClN2O3/c1-5-25(28(34)31-23-11-7-6-8-12-23)32(19-21-15-17-22(30)18-16-21)27(33)20-35-26-14-10-9-13-24(26)29(2,3)4/h9-10,13-18,23,25H,5-8,11-12,19-20H2,1-4H3,(H,31,34). The number of benzene rings is 2. The Hall–Kier alpha value is -2.53. The topological polar surface area (TPSA) is 58.6 Å². The van der Waals surface area contributed by atoms with E-state index in [0.717, 1.165) is 36.8 Å². The van der Waals surface area contributed by atoms with Crippen LogP contribution in [0.4, 0.5) is 0 Å². The number of nitrogens with one attached hydrogen (secondary N) is 1. The predicted molar refractivity (Wildman–Crippen MR) is 142 cm³/mol. The van der Waals surface area contributed by atoms with E-state index in [0.29, 0.717) is 23.7 Å². The molecular weight excluding hydrogens is 460 g/mol. The molecule has 1 N–H and O–H groups in total. The number of nitrogens with zero attached hydrogens (tertiary/aromatic N) is 1. The summed E-state index contributed by atoms with van der Waals surface area (Å²) in [6.07, 6.45) is 6.01. The molecule has 0 radical (unpaired) electrons. The van der Waals surface area contributed by atoms with Crippen molar-refractivity contribution in [2.24, 2.45) is 0 Å². The first kappa shape index (κ1) is 27.1. The van der Waals surface area contributed by atoms with E-state index in [4.69, 9.17) is 16.3 Å². The van der Waals surface area contributed by atoms with Gasteiger partial charge in [-0.3, -0.25) is 9.59 Å². The number of carbonyl (C=O) groups excluding carboxylic acids is 2. The second-order valence-corrected chi connectivity index (χ2v) is 10.9. The summed E-state index contributed by atoms with van der Waals surface area (Å²) in [6, 6.07) is 14.8. The lowest BCUT2D eigenvalue weighted by molar-refractivity contribution is -0.143. The Bertz CT molecular complexity index is 978. The zero-order valence-electron chi connectivity index (χ0n) is 21.5. The molecule has 0 saturated heterocycles. The van der Waals surface area contributed by atoms with Crippen molar-refractivity contribution in [3.05, 3.63) is 64.7 Å². The molecule has 35 heavy (non-hydrogen) atoms. The first-order valence-corrected chi connectivity index (χ1v) is 13.1. The maximum Gasteiger partial charge on any atom is 0.261 e. The number of carbonyl (C=O) groups is 2. The van der Waals surface area contributed by atoms with E-state index in [-0.39, 0.29) is 29.9 Å². The number of halogens is 1. The van der Waals surface area contributed by atoms with Gasteiger partial charge in [-0.25, -0.2) is 0 Å². The van der Waals surface area contributed by atoms with E-state index in [1.807, 2.05) is 43.3 Å². The predicted octanol–water partition coefficient (Wildman–Crippen LogP) is 6.27. The fourth-order valence-corrected chi connectivity index (χ4v) is 4.81.